The molecule has 0 aliphatic heterocycles. The molecule has 1 aromatic carbocycles. The first-order chi connectivity index (χ1) is 8.36. The highest BCUT2D eigenvalue weighted by atomic mass is 16.5. The molecule has 0 fully saturated rings. The molecular weight excluding hydrogens is 212 g/mol. The summed E-state index contributed by atoms with van der Waals surface area (Å²) in [5.74, 6) is 0.982. The second-order valence-corrected chi connectivity index (χ2v) is 4.19. The molecule has 0 saturated carbocycles. The first-order valence-electron chi connectivity index (χ1n) is 6.27. The molecule has 3 heteroatoms. The van der Waals surface area contributed by atoms with Crippen molar-refractivity contribution in [2.75, 3.05) is 13.2 Å². The summed E-state index contributed by atoms with van der Waals surface area (Å²) >= 11 is 0. The molecule has 17 heavy (non-hydrogen) atoms. The van der Waals surface area contributed by atoms with Gasteiger partial charge < -0.3 is 15.0 Å². The Balaban J connectivity index is 2.28. The van der Waals surface area contributed by atoms with Gasteiger partial charge in [0.25, 0.3) is 0 Å². The Bertz CT molecular complexity index is 476. The Labute approximate surface area is 102 Å². The van der Waals surface area contributed by atoms with Gasteiger partial charge in [0.05, 0.1) is 12.1 Å². The van der Waals surface area contributed by atoms with E-state index in [1.54, 1.807) is 0 Å². The summed E-state index contributed by atoms with van der Waals surface area (Å²) < 4.78 is 7.99. The lowest BCUT2D eigenvalue weighted by Crippen LogP contribution is -2.04. The van der Waals surface area contributed by atoms with Crippen molar-refractivity contribution in [2.45, 2.75) is 26.3 Å². The maximum atomic E-state index is 5.75. The van der Waals surface area contributed by atoms with Gasteiger partial charge in [-0.15, -0.1) is 0 Å². The average Bonchev–Trinajstić information content (AvgIpc) is 2.77. The molecule has 0 bridgehead atoms. The monoisotopic (exact) mass is 232 g/mol. The minimum atomic E-state index is 0.728. The lowest BCUT2D eigenvalue weighted by molar-refractivity contribution is 0.321. The molecule has 3 nitrogen and oxygen atoms in total. The minimum Gasteiger partial charge on any atom is -0.493 e. The lowest BCUT2D eigenvalue weighted by atomic mass is 10.2. The van der Waals surface area contributed by atoms with Gasteiger partial charge in [-0.2, -0.15) is 0 Å². The topological polar surface area (TPSA) is 40.2 Å². The summed E-state index contributed by atoms with van der Waals surface area (Å²) in [4.78, 5) is 0. The van der Waals surface area contributed by atoms with E-state index in [4.69, 9.17) is 10.5 Å². The molecular formula is C14H20N2O. The molecule has 1 aromatic heterocycles. The van der Waals surface area contributed by atoms with E-state index in [9.17, 15) is 0 Å². The van der Waals surface area contributed by atoms with E-state index >= 15 is 0 Å². The van der Waals surface area contributed by atoms with E-state index in [0.29, 0.717) is 0 Å². The molecule has 92 valence electrons. The SMILES string of the molecule is CCCOc1cccc2c1ccn2CCCN. The molecule has 0 amide bonds. The van der Waals surface area contributed by atoms with E-state index in [1.165, 1.54) is 10.9 Å². The first-order valence-corrected chi connectivity index (χ1v) is 6.27. The number of hydrogen-bond acceptors (Lipinski definition) is 2. The Morgan fingerprint density at radius 1 is 1.29 bits per heavy atom. The fraction of sp³-hybridized carbons (Fsp3) is 0.429. The molecule has 0 unspecified atom stereocenters. The third-order valence-corrected chi connectivity index (χ3v) is 2.84. The number of aryl methyl sites for hydroxylation is 1. The van der Waals surface area contributed by atoms with Gasteiger partial charge in [0.2, 0.25) is 0 Å². The maximum absolute atomic E-state index is 5.75. The fourth-order valence-corrected chi connectivity index (χ4v) is 1.99. The van der Waals surface area contributed by atoms with Crippen molar-refractivity contribution in [3.05, 3.63) is 30.5 Å². The second kappa shape index (κ2) is 5.73. The minimum absolute atomic E-state index is 0.728. The van der Waals surface area contributed by atoms with Gasteiger partial charge in [-0.3, -0.25) is 0 Å². The number of aromatic nitrogens is 1. The van der Waals surface area contributed by atoms with Crippen LogP contribution in [0.1, 0.15) is 19.8 Å². The van der Waals surface area contributed by atoms with Crippen LogP contribution in [-0.4, -0.2) is 17.7 Å². The van der Waals surface area contributed by atoms with Crippen LogP contribution in [0, 0.1) is 0 Å². The number of nitrogens with zero attached hydrogens (tertiary/aromatic N) is 1. The fourth-order valence-electron chi connectivity index (χ4n) is 1.99. The molecule has 2 aromatic rings. The number of nitrogens with two attached hydrogens (primary N) is 1. The summed E-state index contributed by atoms with van der Waals surface area (Å²) in [6, 6.07) is 8.33. The average molecular weight is 232 g/mol. The van der Waals surface area contributed by atoms with Crippen LogP contribution >= 0.6 is 0 Å². The molecule has 0 aliphatic carbocycles. The van der Waals surface area contributed by atoms with Crippen LogP contribution in [0.5, 0.6) is 5.75 Å². The van der Waals surface area contributed by atoms with Crippen LogP contribution in [0.15, 0.2) is 30.5 Å². The predicted molar refractivity (Wildman–Crippen MR) is 71.4 cm³/mol. The van der Waals surface area contributed by atoms with E-state index < -0.39 is 0 Å². The first kappa shape index (κ1) is 12.0. The lowest BCUT2D eigenvalue weighted by Gasteiger charge is -2.07. The van der Waals surface area contributed by atoms with Crippen LogP contribution in [0.3, 0.4) is 0 Å². The zero-order valence-electron chi connectivity index (χ0n) is 10.4. The molecule has 1 heterocycles. The van der Waals surface area contributed by atoms with Crippen LogP contribution in [-0.2, 0) is 6.54 Å². The summed E-state index contributed by atoms with van der Waals surface area (Å²) in [6.45, 7) is 4.59. The quantitative estimate of drug-likeness (QED) is 0.832. The van der Waals surface area contributed by atoms with Gasteiger partial charge in [0.15, 0.2) is 0 Å². The third-order valence-electron chi connectivity index (χ3n) is 2.84. The number of ether oxygens (including phenoxy) is 1. The molecule has 0 atom stereocenters. The Morgan fingerprint density at radius 3 is 2.94 bits per heavy atom. The van der Waals surface area contributed by atoms with Crippen molar-refractivity contribution < 1.29 is 4.74 Å². The highest BCUT2D eigenvalue weighted by Gasteiger charge is 2.05. The molecule has 0 radical (unpaired) electrons. The van der Waals surface area contributed by atoms with Gasteiger partial charge in [0, 0.05) is 18.1 Å². The molecule has 0 saturated heterocycles. The van der Waals surface area contributed by atoms with Crippen molar-refractivity contribution in [2.24, 2.45) is 5.73 Å². The predicted octanol–water partition coefficient (Wildman–Crippen LogP) is 2.78. The molecule has 2 N–H and O–H groups in total. The highest BCUT2D eigenvalue weighted by Crippen LogP contribution is 2.26. The van der Waals surface area contributed by atoms with E-state index in [0.717, 1.165) is 38.3 Å². The zero-order chi connectivity index (χ0) is 12.1. The second-order valence-electron chi connectivity index (χ2n) is 4.19. The summed E-state index contributed by atoms with van der Waals surface area (Å²) in [5, 5.41) is 1.19. The van der Waals surface area contributed by atoms with Crippen molar-refractivity contribution in [3.8, 4) is 5.75 Å². The third kappa shape index (κ3) is 2.61. The van der Waals surface area contributed by atoms with E-state index in [1.807, 2.05) is 12.1 Å². The van der Waals surface area contributed by atoms with Gasteiger partial charge in [-0.25, -0.2) is 0 Å². The van der Waals surface area contributed by atoms with Crippen molar-refractivity contribution in [1.82, 2.24) is 4.57 Å². The summed E-state index contributed by atoms with van der Waals surface area (Å²) in [7, 11) is 0. The summed E-state index contributed by atoms with van der Waals surface area (Å²) in [5.41, 5.74) is 6.78. The standard InChI is InChI=1S/C14H20N2O/c1-2-11-17-14-6-3-5-13-12(14)7-10-16(13)9-4-8-15/h3,5-7,10H,2,4,8-9,11,15H2,1H3. The van der Waals surface area contributed by atoms with Crippen LogP contribution < -0.4 is 10.5 Å². The van der Waals surface area contributed by atoms with Gasteiger partial charge >= 0.3 is 0 Å². The van der Waals surface area contributed by atoms with Crippen LogP contribution in [0.4, 0.5) is 0 Å². The van der Waals surface area contributed by atoms with E-state index in [-0.39, 0.29) is 0 Å². The number of rotatable bonds is 6. The van der Waals surface area contributed by atoms with Crippen molar-refractivity contribution >= 4 is 10.9 Å². The Morgan fingerprint density at radius 2 is 2.18 bits per heavy atom. The van der Waals surface area contributed by atoms with Crippen LogP contribution in [0.2, 0.25) is 0 Å². The number of hydrogen-bond donors (Lipinski definition) is 1. The van der Waals surface area contributed by atoms with Gasteiger partial charge in [-0.05, 0) is 37.6 Å². The van der Waals surface area contributed by atoms with Gasteiger partial charge in [0.1, 0.15) is 5.75 Å². The van der Waals surface area contributed by atoms with Crippen molar-refractivity contribution in [1.29, 1.82) is 0 Å². The maximum Gasteiger partial charge on any atom is 0.128 e. The zero-order valence-corrected chi connectivity index (χ0v) is 10.4. The molecule has 0 spiro atoms. The van der Waals surface area contributed by atoms with E-state index in [2.05, 4.69) is 29.8 Å². The number of fused-ring (bicyclic) bond motifs is 1. The summed E-state index contributed by atoms with van der Waals surface area (Å²) in [6.07, 6.45) is 4.15. The molecule has 2 rings (SSSR count). The normalized spacial score (nSPS) is 10.9. The van der Waals surface area contributed by atoms with Crippen LogP contribution in [0.25, 0.3) is 10.9 Å². The smallest absolute Gasteiger partial charge is 0.128 e. The van der Waals surface area contributed by atoms with Gasteiger partial charge in [-0.1, -0.05) is 13.0 Å². The highest BCUT2D eigenvalue weighted by molar-refractivity contribution is 5.86. The molecule has 0 aliphatic rings. The largest absolute Gasteiger partial charge is 0.493 e. The Hall–Kier alpha value is -1.48. The Kier molecular flexibility index (Phi) is 4.04. The number of benzene rings is 1. The van der Waals surface area contributed by atoms with Crippen molar-refractivity contribution in [3.63, 3.8) is 0 Å².